The number of aromatic nitrogens is 2. The first-order valence-electron chi connectivity index (χ1n) is 5.35. The van der Waals surface area contributed by atoms with Gasteiger partial charge in [-0.3, -0.25) is 0 Å². The van der Waals surface area contributed by atoms with Gasteiger partial charge in [0.25, 0.3) is 0 Å². The van der Waals surface area contributed by atoms with Crippen molar-refractivity contribution in [3.8, 4) is 11.4 Å². The highest BCUT2D eigenvalue weighted by Gasteiger charge is 2.11. The molecule has 3 nitrogen and oxygen atoms in total. The van der Waals surface area contributed by atoms with Crippen molar-refractivity contribution in [2.45, 2.75) is 13.8 Å². The van der Waals surface area contributed by atoms with Gasteiger partial charge in [0.15, 0.2) is 0 Å². The fraction of sp³-hybridized carbons (Fsp3) is 0.154. The molecule has 0 saturated carbocycles. The smallest absolute Gasteiger partial charge is 0.203 e. The van der Waals surface area contributed by atoms with Crippen molar-refractivity contribution in [3.05, 3.63) is 40.8 Å². The molecule has 0 bridgehead atoms. The standard InChI is InChI=1S/C13H11ClN2O/c1-7-5-10-11(6-8(7)2)16-13(15-10)9-3-4-17-12(9)14/h3-6H,1-2H3,(H,15,16). The Balaban J connectivity index is 2.24. The highest BCUT2D eigenvalue weighted by atomic mass is 35.5. The van der Waals surface area contributed by atoms with E-state index in [1.807, 2.05) is 0 Å². The Morgan fingerprint density at radius 1 is 1.24 bits per heavy atom. The monoisotopic (exact) mass is 246 g/mol. The predicted octanol–water partition coefficient (Wildman–Crippen LogP) is 4.09. The molecule has 3 rings (SSSR count). The van der Waals surface area contributed by atoms with E-state index < -0.39 is 0 Å². The van der Waals surface area contributed by atoms with Crippen molar-refractivity contribution in [1.29, 1.82) is 0 Å². The molecule has 86 valence electrons. The molecule has 0 atom stereocenters. The molecule has 2 heterocycles. The molecule has 0 amide bonds. The average molecular weight is 247 g/mol. The average Bonchev–Trinajstić information content (AvgIpc) is 2.85. The molecule has 17 heavy (non-hydrogen) atoms. The predicted molar refractivity (Wildman–Crippen MR) is 68.3 cm³/mol. The summed E-state index contributed by atoms with van der Waals surface area (Å²) in [6, 6.07) is 5.97. The molecule has 0 spiro atoms. The molecule has 0 fully saturated rings. The normalized spacial score (nSPS) is 11.2. The summed E-state index contributed by atoms with van der Waals surface area (Å²) in [7, 11) is 0. The van der Waals surface area contributed by atoms with Crippen molar-refractivity contribution in [2.75, 3.05) is 0 Å². The van der Waals surface area contributed by atoms with Gasteiger partial charge >= 0.3 is 0 Å². The minimum atomic E-state index is 0.359. The number of furan rings is 1. The second-order valence-electron chi connectivity index (χ2n) is 4.15. The molecule has 1 N–H and O–H groups in total. The minimum absolute atomic E-state index is 0.359. The molecule has 0 radical (unpaired) electrons. The summed E-state index contributed by atoms with van der Waals surface area (Å²) in [5, 5.41) is 0.359. The maximum absolute atomic E-state index is 5.94. The lowest BCUT2D eigenvalue weighted by Crippen LogP contribution is -1.79. The van der Waals surface area contributed by atoms with E-state index in [1.54, 1.807) is 12.3 Å². The topological polar surface area (TPSA) is 41.8 Å². The Hall–Kier alpha value is -1.74. The van der Waals surface area contributed by atoms with Crippen LogP contribution in [0.1, 0.15) is 11.1 Å². The van der Waals surface area contributed by atoms with Gasteiger partial charge in [-0.2, -0.15) is 0 Å². The van der Waals surface area contributed by atoms with Crippen LogP contribution in [0.25, 0.3) is 22.4 Å². The summed E-state index contributed by atoms with van der Waals surface area (Å²) in [5.41, 5.74) is 5.22. The van der Waals surface area contributed by atoms with Crippen LogP contribution in [0.15, 0.2) is 28.9 Å². The van der Waals surface area contributed by atoms with Crippen LogP contribution >= 0.6 is 11.6 Å². The largest absolute Gasteiger partial charge is 0.452 e. The van der Waals surface area contributed by atoms with Crippen LogP contribution in [-0.2, 0) is 0 Å². The van der Waals surface area contributed by atoms with E-state index in [9.17, 15) is 0 Å². The zero-order valence-electron chi connectivity index (χ0n) is 9.54. The third-order valence-electron chi connectivity index (χ3n) is 2.97. The number of halogens is 1. The molecule has 0 aliphatic rings. The Morgan fingerprint density at radius 3 is 2.71 bits per heavy atom. The van der Waals surface area contributed by atoms with Gasteiger partial charge in [0.1, 0.15) is 5.82 Å². The number of hydrogen-bond acceptors (Lipinski definition) is 2. The number of imidazole rings is 1. The fourth-order valence-corrected chi connectivity index (χ4v) is 2.06. The Labute approximate surface area is 103 Å². The van der Waals surface area contributed by atoms with E-state index in [1.165, 1.54) is 11.1 Å². The van der Waals surface area contributed by atoms with Gasteiger partial charge in [0.05, 0.1) is 22.9 Å². The molecular weight excluding hydrogens is 236 g/mol. The lowest BCUT2D eigenvalue weighted by molar-refractivity contribution is 0.570. The number of benzene rings is 1. The van der Waals surface area contributed by atoms with Gasteiger partial charge in [-0.25, -0.2) is 4.98 Å². The van der Waals surface area contributed by atoms with E-state index in [4.69, 9.17) is 16.0 Å². The van der Waals surface area contributed by atoms with E-state index in [2.05, 4.69) is 35.9 Å². The third-order valence-corrected chi connectivity index (χ3v) is 3.26. The minimum Gasteiger partial charge on any atom is -0.452 e. The zero-order chi connectivity index (χ0) is 12.0. The molecule has 2 aromatic heterocycles. The van der Waals surface area contributed by atoms with Crippen molar-refractivity contribution in [2.24, 2.45) is 0 Å². The maximum atomic E-state index is 5.94. The van der Waals surface area contributed by atoms with Gasteiger partial charge < -0.3 is 9.40 Å². The Morgan fingerprint density at radius 2 is 2.00 bits per heavy atom. The molecule has 0 saturated heterocycles. The van der Waals surface area contributed by atoms with Gasteiger partial charge in [0, 0.05) is 0 Å². The summed E-state index contributed by atoms with van der Waals surface area (Å²) >= 11 is 5.94. The summed E-state index contributed by atoms with van der Waals surface area (Å²) in [5.74, 6) is 0.740. The van der Waals surface area contributed by atoms with Crippen molar-refractivity contribution >= 4 is 22.6 Å². The Kier molecular flexibility index (Phi) is 2.23. The lowest BCUT2D eigenvalue weighted by Gasteiger charge is -1.97. The molecule has 3 aromatic rings. The number of aryl methyl sites for hydroxylation is 2. The molecule has 0 unspecified atom stereocenters. The van der Waals surface area contributed by atoms with Crippen molar-refractivity contribution < 1.29 is 4.42 Å². The van der Waals surface area contributed by atoms with Crippen molar-refractivity contribution in [1.82, 2.24) is 9.97 Å². The first-order chi connectivity index (χ1) is 8.15. The van der Waals surface area contributed by atoms with Gasteiger partial charge in [0.2, 0.25) is 5.22 Å². The molecule has 4 heteroatoms. The number of fused-ring (bicyclic) bond motifs is 1. The van der Waals surface area contributed by atoms with Gasteiger partial charge in [-0.1, -0.05) is 0 Å². The quantitative estimate of drug-likeness (QED) is 0.703. The van der Waals surface area contributed by atoms with Crippen LogP contribution in [0.4, 0.5) is 0 Å². The fourth-order valence-electron chi connectivity index (χ4n) is 1.86. The van der Waals surface area contributed by atoms with Gasteiger partial charge in [-0.15, -0.1) is 0 Å². The van der Waals surface area contributed by atoms with Crippen LogP contribution in [0.2, 0.25) is 5.22 Å². The SMILES string of the molecule is Cc1cc2nc(-c3ccoc3Cl)[nH]c2cc1C. The van der Waals surface area contributed by atoms with E-state index in [0.717, 1.165) is 22.4 Å². The molecule has 0 aliphatic heterocycles. The lowest BCUT2D eigenvalue weighted by atomic mass is 10.1. The van der Waals surface area contributed by atoms with Crippen LogP contribution in [-0.4, -0.2) is 9.97 Å². The number of hydrogen-bond donors (Lipinski definition) is 1. The van der Waals surface area contributed by atoms with Crippen LogP contribution in [0.3, 0.4) is 0 Å². The van der Waals surface area contributed by atoms with Gasteiger partial charge in [-0.05, 0) is 54.8 Å². The number of aromatic amines is 1. The highest BCUT2D eigenvalue weighted by Crippen LogP contribution is 2.29. The summed E-state index contributed by atoms with van der Waals surface area (Å²) in [6.45, 7) is 4.16. The van der Waals surface area contributed by atoms with Crippen molar-refractivity contribution in [3.63, 3.8) is 0 Å². The van der Waals surface area contributed by atoms with Crippen LogP contribution in [0, 0.1) is 13.8 Å². The zero-order valence-corrected chi connectivity index (χ0v) is 10.3. The molecular formula is C13H11ClN2O. The van der Waals surface area contributed by atoms with E-state index in [-0.39, 0.29) is 0 Å². The number of nitrogens with zero attached hydrogens (tertiary/aromatic N) is 1. The number of rotatable bonds is 1. The van der Waals surface area contributed by atoms with Crippen LogP contribution in [0.5, 0.6) is 0 Å². The summed E-state index contributed by atoms with van der Waals surface area (Å²) in [6.07, 6.45) is 1.56. The summed E-state index contributed by atoms with van der Waals surface area (Å²) < 4.78 is 5.07. The third kappa shape index (κ3) is 1.63. The number of H-pyrrole nitrogens is 1. The molecule has 1 aromatic carbocycles. The first-order valence-corrected chi connectivity index (χ1v) is 5.73. The highest BCUT2D eigenvalue weighted by molar-refractivity contribution is 6.31. The maximum Gasteiger partial charge on any atom is 0.203 e. The second-order valence-corrected chi connectivity index (χ2v) is 4.49. The Bertz CT molecular complexity index is 658. The van der Waals surface area contributed by atoms with E-state index >= 15 is 0 Å². The first kappa shape index (κ1) is 10.4. The number of nitrogens with one attached hydrogen (secondary N) is 1. The van der Waals surface area contributed by atoms with E-state index in [0.29, 0.717) is 5.22 Å². The summed E-state index contributed by atoms with van der Waals surface area (Å²) in [4.78, 5) is 7.77. The van der Waals surface area contributed by atoms with Crippen LogP contribution < -0.4 is 0 Å². The molecule has 0 aliphatic carbocycles. The second kappa shape index (κ2) is 3.64.